The molecule has 1 aliphatic heterocycles. The van der Waals surface area contributed by atoms with Crippen molar-refractivity contribution in [1.82, 2.24) is 14.9 Å². The molecule has 3 rings (SSSR count). The zero-order valence-electron chi connectivity index (χ0n) is 10.5. The molecule has 0 atom stereocenters. The van der Waals surface area contributed by atoms with Crippen LogP contribution < -0.4 is 5.32 Å². The molecule has 5 nitrogen and oxygen atoms in total. The summed E-state index contributed by atoms with van der Waals surface area (Å²) in [6.07, 6.45) is 2.22. The van der Waals surface area contributed by atoms with E-state index in [4.69, 9.17) is 0 Å². The Labute approximate surface area is 113 Å². The second-order valence-corrected chi connectivity index (χ2v) is 4.55. The highest BCUT2D eigenvalue weighted by atomic mass is 19.1. The maximum absolute atomic E-state index is 13.5. The van der Waals surface area contributed by atoms with Gasteiger partial charge in [0.2, 0.25) is 0 Å². The molecule has 0 aliphatic carbocycles. The maximum Gasteiger partial charge on any atom is 0.322 e. The molecule has 0 saturated carbocycles. The minimum atomic E-state index is -0.668. The van der Waals surface area contributed by atoms with E-state index in [9.17, 15) is 13.6 Å². The Morgan fingerprint density at radius 2 is 2.25 bits per heavy atom. The van der Waals surface area contributed by atoms with E-state index in [-0.39, 0.29) is 5.69 Å². The lowest BCUT2D eigenvalue weighted by Gasteiger charge is -2.26. The van der Waals surface area contributed by atoms with E-state index >= 15 is 0 Å². The fourth-order valence-corrected chi connectivity index (χ4v) is 2.17. The molecule has 2 amide bonds. The number of hydrogen-bond acceptors (Lipinski definition) is 2. The summed E-state index contributed by atoms with van der Waals surface area (Å²) in [4.78, 5) is 20.7. The number of nitrogens with one attached hydrogen (secondary N) is 2. The Morgan fingerprint density at radius 1 is 1.40 bits per heavy atom. The van der Waals surface area contributed by atoms with Crippen LogP contribution in [0.15, 0.2) is 24.5 Å². The first-order chi connectivity index (χ1) is 9.63. The fraction of sp³-hybridized carbons (Fsp3) is 0.231. The number of amides is 2. The molecule has 0 fully saturated rings. The van der Waals surface area contributed by atoms with Gasteiger partial charge < -0.3 is 15.2 Å². The summed E-state index contributed by atoms with van der Waals surface area (Å²) in [6.45, 7) is 0.860. The van der Waals surface area contributed by atoms with Crippen molar-refractivity contribution in [1.29, 1.82) is 0 Å². The lowest BCUT2D eigenvalue weighted by molar-refractivity contribution is 0.205. The number of hydrogen-bond donors (Lipinski definition) is 2. The Hall–Kier alpha value is -2.44. The van der Waals surface area contributed by atoms with Crippen LogP contribution in [0.25, 0.3) is 0 Å². The van der Waals surface area contributed by atoms with Crippen LogP contribution in [0.1, 0.15) is 11.4 Å². The number of H-pyrrole nitrogens is 1. The molecule has 0 spiro atoms. The average Bonchev–Trinajstić information content (AvgIpc) is 2.90. The van der Waals surface area contributed by atoms with Crippen LogP contribution in [-0.2, 0) is 13.0 Å². The van der Waals surface area contributed by atoms with Crippen LogP contribution in [0.3, 0.4) is 0 Å². The van der Waals surface area contributed by atoms with E-state index in [0.29, 0.717) is 19.5 Å². The maximum atomic E-state index is 13.5. The van der Waals surface area contributed by atoms with Gasteiger partial charge in [-0.15, -0.1) is 0 Å². The zero-order chi connectivity index (χ0) is 14.1. The molecule has 104 valence electrons. The van der Waals surface area contributed by atoms with Gasteiger partial charge >= 0.3 is 6.03 Å². The number of urea groups is 1. The smallest absolute Gasteiger partial charge is 0.322 e. The number of carbonyl (C=O) groups excluding carboxylic acids is 1. The van der Waals surface area contributed by atoms with E-state index in [1.165, 1.54) is 4.90 Å². The third-order valence-electron chi connectivity index (χ3n) is 3.23. The number of imidazole rings is 1. The minimum absolute atomic E-state index is 0.162. The van der Waals surface area contributed by atoms with Crippen molar-refractivity contribution < 1.29 is 13.6 Å². The summed E-state index contributed by atoms with van der Waals surface area (Å²) in [7, 11) is 0. The van der Waals surface area contributed by atoms with Gasteiger partial charge in [-0.3, -0.25) is 0 Å². The van der Waals surface area contributed by atoms with Gasteiger partial charge in [0.1, 0.15) is 11.6 Å². The van der Waals surface area contributed by atoms with Crippen molar-refractivity contribution in [2.45, 2.75) is 13.0 Å². The van der Waals surface area contributed by atoms with E-state index in [2.05, 4.69) is 15.3 Å². The molecule has 2 heterocycles. The number of fused-ring (bicyclic) bond motifs is 1. The Kier molecular flexibility index (Phi) is 3.09. The van der Waals surface area contributed by atoms with Gasteiger partial charge in [-0.05, 0) is 12.1 Å². The zero-order valence-corrected chi connectivity index (χ0v) is 10.5. The lowest BCUT2D eigenvalue weighted by Crippen LogP contribution is -2.39. The van der Waals surface area contributed by atoms with Gasteiger partial charge in [0.15, 0.2) is 0 Å². The molecule has 1 aromatic heterocycles. The quantitative estimate of drug-likeness (QED) is 0.840. The van der Waals surface area contributed by atoms with Crippen molar-refractivity contribution in [3.05, 3.63) is 47.5 Å². The summed E-state index contributed by atoms with van der Waals surface area (Å²) in [5, 5.41) is 2.38. The van der Waals surface area contributed by atoms with Crippen molar-refractivity contribution >= 4 is 11.7 Å². The fourth-order valence-electron chi connectivity index (χ4n) is 2.17. The molecule has 20 heavy (non-hydrogen) atoms. The monoisotopic (exact) mass is 278 g/mol. The predicted molar refractivity (Wildman–Crippen MR) is 68.1 cm³/mol. The SMILES string of the molecule is O=C(Nc1cc(F)ccc1F)N1CCc2nc[nH]c2C1. The number of aromatic amines is 1. The van der Waals surface area contributed by atoms with Gasteiger partial charge in [-0.25, -0.2) is 18.6 Å². The Morgan fingerprint density at radius 3 is 3.10 bits per heavy atom. The van der Waals surface area contributed by atoms with Gasteiger partial charge in [0.25, 0.3) is 0 Å². The van der Waals surface area contributed by atoms with Crippen LogP contribution in [0, 0.1) is 11.6 Å². The first-order valence-corrected chi connectivity index (χ1v) is 6.15. The molecule has 0 saturated heterocycles. The number of carbonyl (C=O) groups is 1. The number of anilines is 1. The molecule has 0 radical (unpaired) electrons. The first kappa shape index (κ1) is 12.6. The minimum Gasteiger partial charge on any atom is -0.347 e. The van der Waals surface area contributed by atoms with E-state index < -0.39 is 17.7 Å². The number of aromatic nitrogens is 2. The summed E-state index contributed by atoms with van der Waals surface area (Å²) >= 11 is 0. The topological polar surface area (TPSA) is 61.0 Å². The third-order valence-corrected chi connectivity index (χ3v) is 3.23. The number of nitrogens with zero attached hydrogens (tertiary/aromatic N) is 2. The largest absolute Gasteiger partial charge is 0.347 e. The van der Waals surface area contributed by atoms with E-state index in [0.717, 1.165) is 29.6 Å². The Bertz CT molecular complexity index is 656. The second kappa shape index (κ2) is 4.92. The van der Waals surface area contributed by atoms with E-state index in [1.54, 1.807) is 6.33 Å². The molecule has 2 aromatic rings. The summed E-state index contributed by atoms with van der Waals surface area (Å²) in [5.41, 5.74) is 1.64. The normalized spacial score (nSPS) is 14.0. The molecular formula is C13H12F2N4O. The van der Waals surface area contributed by atoms with Crippen molar-refractivity contribution in [3.63, 3.8) is 0 Å². The summed E-state index contributed by atoms with van der Waals surface area (Å²) in [6, 6.07) is 2.48. The van der Waals surface area contributed by atoms with Crippen LogP contribution in [-0.4, -0.2) is 27.4 Å². The molecular weight excluding hydrogens is 266 g/mol. The van der Waals surface area contributed by atoms with Crippen LogP contribution in [0.4, 0.5) is 19.3 Å². The summed E-state index contributed by atoms with van der Waals surface area (Å²) in [5.74, 6) is -1.27. The highest BCUT2D eigenvalue weighted by molar-refractivity contribution is 5.89. The van der Waals surface area contributed by atoms with Crippen LogP contribution in [0.5, 0.6) is 0 Å². The van der Waals surface area contributed by atoms with Gasteiger partial charge in [0, 0.05) is 19.0 Å². The van der Waals surface area contributed by atoms with Crippen LogP contribution >= 0.6 is 0 Å². The van der Waals surface area contributed by atoms with Gasteiger partial charge in [0.05, 0.1) is 29.9 Å². The van der Waals surface area contributed by atoms with Crippen molar-refractivity contribution in [3.8, 4) is 0 Å². The predicted octanol–water partition coefficient (Wildman–Crippen LogP) is 2.28. The number of halogens is 2. The molecule has 1 aromatic carbocycles. The molecule has 2 N–H and O–H groups in total. The molecule has 7 heteroatoms. The lowest BCUT2D eigenvalue weighted by atomic mass is 10.1. The highest BCUT2D eigenvalue weighted by Crippen LogP contribution is 2.19. The molecule has 0 unspecified atom stereocenters. The first-order valence-electron chi connectivity index (χ1n) is 6.15. The molecule has 0 bridgehead atoms. The average molecular weight is 278 g/mol. The van der Waals surface area contributed by atoms with Gasteiger partial charge in [-0.2, -0.15) is 0 Å². The van der Waals surface area contributed by atoms with Crippen molar-refractivity contribution in [2.24, 2.45) is 0 Å². The van der Waals surface area contributed by atoms with Gasteiger partial charge in [-0.1, -0.05) is 0 Å². The molecule has 1 aliphatic rings. The summed E-state index contributed by atoms with van der Waals surface area (Å²) < 4.78 is 26.5. The third kappa shape index (κ3) is 2.34. The standard InChI is InChI=1S/C13H12F2N4O/c14-8-1-2-9(15)11(5-8)18-13(20)19-4-3-10-12(6-19)17-7-16-10/h1-2,5,7H,3-4,6H2,(H,16,17)(H,18,20). The second-order valence-electron chi connectivity index (χ2n) is 4.55. The number of benzene rings is 1. The van der Waals surface area contributed by atoms with Crippen molar-refractivity contribution in [2.75, 3.05) is 11.9 Å². The highest BCUT2D eigenvalue weighted by Gasteiger charge is 2.23. The van der Waals surface area contributed by atoms with Crippen LogP contribution in [0.2, 0.25) is 0 Å². The van der Waals surface area contributed by atoms with E-state index in [1.807, 2.05) is 0 Å². The Balaban J connectivity index is 1.73. The number of rotatable bonds is 1.